The molecule has 0 radical (unpaired) electrons. The topological polar surface area (TPSA) is 96.3 Å². The molecule has 1 unspecified atom stereocenters. The number of hydrogen-bond acceptors (Lipinski definition) is 6. The molecule has 164 valence electrons. The third-order valence-electron chi connectivity index (χ3n) is 4.95. The van der Waals surface area contributed by atoms with E-state index >= 15 is 0 Å². The number of aromatic hydroxyl groups is 1. The summed E-state index contributed by atoms with van der Waals surface area (Å²) in [6, 6.07) is 12.2. The van der Waals surface area contributed by atoms with E-state index in [4.69, 9.17) is 9.47 Å². The van der Waals surface area contributed by atoms with Crippen molar-refractivity contribution in [1.82, 2.24) is 4.90 Å². The van der Waals surface area contributed by atoms with Crippen LogP contribution in [0, 0.1) is 5.92 Å². The summed E-state index contributed by atoms with van der Waals surface area (Å²) >= 11 is 0. The lowest BCUT2D eigenvalue weighted by atomic mass is 9.95. The van der Waals surface area contributed by atoms with Gasteiger partial charge in [0.05, 0.1) is 24.8 Å². The summed E-state index contributed by atoms with van der Waals surface area (Å²) in [6.45, 7) is 4.95. The number of phenols is 1. The highest BCUT2D eigenvalue weighted by Gasteiger charge is 2.46. The van der Waals surface area contributed by atoms with Crippen LogP contribution < -0.4 is 4.74 Å². The molecule has 0 aliphatic carbocycles. The van der Waals surface area contributed by atoms with Gasteiger partial charge in [-0.1, -0.05) is 38.1 Å². The average molecular weight is 425 g/mol. The number of methoxy groups -OCH3 is 1. The van der Waals surface area contributed by atoms with Crippen molar-refractivity contribution >= 4 is 17.4 Å². The summed E-state index contributed by atoms with van der Waals surface area (Å²) in [4.78, 5) is 27.0. The molecule has 1 amide bonds. The molecule has 1 aliphatic heterocycles. The highest BCUT2D eigenvalue weighted by atomic mass is 16.5. The number of amides is 1. The van der Waals surface area contributed by atoms with E-state index in [2.05, 4.69) is 0 Å². The van der Waals surface area contributed by atoms with Crippen LogP contribution in [0.25, 0.3) is 5.76 Å². The molecule has 1 saturated heterocycles. The van der Waals surface area contributed by atoms with Crippen molar-refractivity contribution in [2.45, 2.75) is 19.9 Å². The van der Waals surface area contributed by atoms with Gasteiger partial charge in [0.25, 0.3) is 11.7 Å². The van der Waals surface area contributed by atoms with Gasteiger partial charge in [0.2, 0.25) is 0 Å². The van der Waals surface area contributed by atoms with Gasteiger partial charge >= 0.3 is 0 Å². The molecule has 1 atom stereocenters. The standard InChI is InChI=1S/C24H27NO6/c1-15(2)14-31-19-9-5-7-17(13-19)22(27)20-21(16-6-4-8-18(26)12-16)25(10-11-30-3)24(29)23(20)28/h4-9,12-13,15,21,26-27H,10-11,14H2,1-3H3/b22-20-. The first-order chi connectivity index (χ1) is 14.8. The number of Topliss-reactive ketones (excluding diaryl/α,β-unsaturated/α-hetero) is 1. The van der Waals surface area contributed by atoms with Gasteiger partial charge in [-0.2, -0.15) is 0 Å². The summed E-state index contributed by atoms with van der Waals surface area (Å²) in [5, 5.41) is 21.0. The fourth-order valence-electron chi connectivity index (χ4n) is 3.49. The van der Waals surface area contributed by atoms with E-state index in [1.54, 1.807) is 36.4 Å². The van der Waals surface area contributed by atoms with Crippen molar-refractivity contribution in [2.75, 3.05) is 26.9 Å². The predicted octanol–water partition coefficient (Wildman–Crippen LogP) is 3.50. The lowest BCUT2D eigenvalue weighted by molar-refractivity contribution is -0.140. The highest BCUT2D eigenvalue weighted by molar-refractivity contribution is 6.46. The van der Waals surface area contributed by atoms with Crippen LogP contribution in [-0.2, 0) is 14.3 Å². The summed E-state index contributed by atoms with van der Waals surface area (Å²) in [6.07, 6.45) is 0. The minimum absolute atomic E-state index is 0.00101. The van der Waals surface area contributed by atoms with E-state index < -0.39 is 17.7 Å². The van der Waals surface area contributed by atoms with Gasteiger partial charge in [-0.15, -0.1) is 0 Å². The molecule has 7 heteroatoms. The third-order valence-corrected chi connectivity index (χ3v) is 4.95. The Morgan fingerprint density at radius 1 is 1.13 bits per heavy atom. The number of hydrogen-bond donors (Lipinski definition) is 2. The summed E-state index contributed by atoms with van der Waals surface area (Å²) in [5.41, 5.74) is 0.855. The van der Waals surface area contributed by atoms with Gasteiger partial charge < -0.3 is 24.6 Å². The molecule has 0 bridgehead atoms. The Bertz CT molecular complexity index is 997. The van der Waals surface area contributed by atoms with Crippen LogP contribution in [0.5, 0.6) is 11.5 Å². The molecular weight excluding hydrogens is 398 g/mol. The van der Waals surface area contributed by atoms with E-state index in [0.29, 0.717) is 29.4 Å². The third kappa shape index (κ3) is 4.88. The fourth-order valence-corrected chi connectivity index (χ4v) is 3.49. The first-order valence-corrected chi connectivity index (χ1v) is 10.1. The zero-order chi connectivity index (χ0) is 22.5. The minimum atomic E-state index is -0.845. The quantitative estimate of drug-likeness (QED) is 0.382. The first kappa shape index (κ1) is 22.4. The molecule has 2 aromatic carbocycles. The number of carbonyl (C=O) groups excluding carboxylic acids is 2. The first-order valence-electron chi connectivity index (χ1n) is 10.1. The molecule has 0 spiro atoms. The van der Waals surface area contributed by atoms with Gasteiger partial charge in [-0.3, -0.25) is 9.59 Å². The van der Waals surface area contributed by atoms with Crippen molar-refractivity contribution in [2.24, 2.45) is 5.92 Å². The number of phenolic OH excluding ortho intramolecular Hbond substituents is 1. The van der Waals surface area contributed by atoms with Gasteiger partial charge in [-0.05, 0) is 35.7 Å². The van der Waals surface area contributed by atoms with Crippen LogP contribution in [0.1, 0.15) is 31.0 Å². The van der Waals surface area contributed by atoms with Gasteiger partial charge in [-0.25, -0.2) is 0 Å². The summed E-state index contributed by atoms with van der Waals surface area (Å²) < 4.78 is 10.8. The van der Waals surface area contributed by atoms with Crippen LogP contribution in [-0.4, -0.2) is 53.7 Å². The zero-order valence-electron chi connectivity index (χ0n) is 17.9. The maximum Gasteiger partial charge on any atom is 0.295 e. The Hall–Kier alpha value is -3.32. The molecule has 1 heterocycles. The van der Waals surface area contributed by atoms with Crippen molar-refractivity contribution in [1.29, 1.82) is 0 Å². The van der Waals surface area contributed by atoms with E-state index in [0.717, 1.165) is 0 Å². The van der Waals surface area contributed by atoms with Crippen molar-refractivity contribution in [3.63, 3.8) is 0 Å². The second kappa shape index (κ2) is 9.66. The number of nitrogens with zero attached hydrogens (tertiary/aromatic N) is 1. The Morgan fingerprint density at radius 3 is 2.55 bits per heavy atom. The van der Waals surface area contributed by atoms with Crippen LogP contribution in [0.15, 0.2) is 54.1 Å². The van der Waals surface area contributed by atoms with Crippen molar-refractivity contribution in [3.05, 3.63) is 65.2 Å². The van der Waals surface area contributed by atoms with E-state index in [1.165, 1.54) is 24.1 Å². The molecule has 31 heavy (non-hydrogen) atoms. The number of ether oxygens (including phenoxy) is 2. The minimum Gasteiger partial charge on any atom is -0.508 e. The zero-order valence-corrected chi connectivity index (χ0v) is 17.9. The van der Waals surface area contributed by atoms with Crippen molar-refractivity contribution < 1.29 is 29.3 Å². The Labute approximate surface area is 181 Å². The van der Waals surface area contributed by atoms with Gasteiger partial charge in [0, 0.05) is 19.2 Å². The lowest BCUT2D eigenvalue weighted by Crippen LogP contribution is -2.32. The number of benzene rings is 2. The fraction of sp³-hybridized carbons (Fsp3) is 0.333. The van der Waals surface area contributed by atoms with E-state index in [1.807, 2.05) is 13.8 Å². The molecule has 7 nitrogen and oxygen atoms in total. The van der Waals surface area contributed by atoms with Crippen molar-refractivity contribution in [3.8, 4) is 11.5 Å². The normalized spacial score (nSPS) is 18.1. The second-order valence-electron chi connectivity index (χ2n) is 7.81. The van der Waals surface area contributed by atoms with Crippen LogP contribution in [0.3, 0.4) is 0 Å². The molecule has 0 saturated carbocycles. The molecular formula is C24H27NO6. The number of aliphatic hydroxyl groups excluding tert-OH is 1. The molecule has 3 rings (SSSR count). The lowest BCUT2D eigenvalue weighted by Gasteiger charge is -2.25. The average Bonchev–Trinajstić information content (AvgIpc) is 3.00. The molecule has 0 aromatic heterocycles. The van der Waals surface area contributed by atoms with Gasteiger partial charge in [0.15, 0.2) is 0 Å². The Balaban J connectivity index is 2.09. The summed E-state index contributed by atoms with van der Waals surface area (Å²) in [5.74, 6) is -0.912. The SMILES string of the molecule is COCCN1C(=O)C(=O)/C(=C(\O)c2cccc(OCC(C)C)c2)C1c1cccc(O)c1. The van der Waals surface area contributed by atoms with Crippen LogP contribution >= 0.6 is 0 Å². The number of rotatable bonds is 8. The van der Waals surface area contributed by atoms with E-state index in [9.17, 15) is 19.8 Å². The molecule has 2 aromatic rings. The Morgan fingerprint density at radius 2 is 1.87 bits per heavy atom. The van der Waals surface area contributed by atoms with Crippen LogP contribution in [0.4, 0.5) is 0 Å². The predicted molar refractivity (Wildman–Crippen MR) is 116 cm³/mol. The van der Waals surface area contributed by atoms with E-state index in [-0.39, 0.29) is 30.2 Å². The maximum absolute atomic E-state index is 12.9. The van der Waals surface area contributed by atoms with Gasteiger partial charge in [0.1, 0.15) is 17.3 Å². The molecule has 2 N–H and O–H groups in total. The number of carbonyl (C=O) groups is 2. The second-order valence-corrected chi connectivity index (χ2v) is 7.81. The number of likely N-dealkylation sites (tertiary alicyclic amines) is 1. The highest BCUT2D eigenvalue weighted by Crippen LogP contribution is 2.40. The Kier molecular flexibility index (Phi) is 6.97. The maximum atomic E-state index is 12.9. The summed E-state index contributed by atoms with van der Waals surface area (Å²) in [7, 11) is 1.50. The number of aliphatic hydroxyl groups is 1. The molecule has 1 aliphatic rings. The monoisotopic (exact) mass is 425 g/mol. The molecule has 1 fully saturated rings. The number of ketones is 1. The largest absolute Gasteiger partial charge is 0.508 e. The smallest absolute Gasteiger partial charge is 0.295 e. The van der Waals surface area contributed by atoms with Crippen LogP contribution in [0.2, 0.25) is 0 Å².